The van der Waals surface area contributed by atoms with Gasteiger partial charge < -0.3 is 0 Å². The monoisotopic (exact) mass is 341 g/mol. The summed E-state index contributed by atoms with van der Waals surface area (Å²) in [6.07, 6.45) is 1.99. The number of halogens is 1. The molecule has 0 bridgehead atoms. The van der Waals surface area contributed by atoms with Crippen LogP contribution in [0.25, 0.3) is 0 Å². The highest BCUT2D eigenvalue weighted by atomic mass is 79.9. The van der Waals surface area contributed by atoms with E-state index in [1.807, 2.05) is 24.3 Å². The standard InChI is InChI=1S/C17H12BrNO2/c1-10-14(9-11-4-6-12(18)7-5-11)17(21)15-13(16(10)20)3-2-8-19-15/h2-8H,9H2,1H3. The van der Waals surface area contributed by atoms with Gasteiger partial charge in [-0.1, -0.05) is 28.1 Å². The fourth-order valence-electron chi connectivity index (χ4n) is 2.44. The number of aromatic nitrogens is 1. The maximum Gasteiger partial charge on any atom is 0.208 e. The van der Waals surface area contributed by atoms with E-state index < -0.39 is 0 Å². The number of nitrogens with zero attached hydrogens (tertiary/aromatic N) is 1. The number of carbonyl (C=O) groups excluding carboxylic acids is 2. The van der Waals surface area contributed by atoms with Crippen molar-refractivity contribution >= 4 is 27.5 Å². The SMILES string of the molecule is CC1=C(Cc2ccc(Br)cc2)C(=O)c2ncccc2C1=O. The van der Waals surface area contributed by atoms with E-state index in [9.17, 15) is 9.59 Å². The lowest BCUT2D eigenvalue weighted by Gasteiger charge is -2.18. The molecular weight excluding hydrogens is 330 g/mol. The molecule has 0 atom stereocenters. The molecule has 1 aromatic carbocycles. The van der Waals surface area contributed by atoms with Crippen LogP contribution in [-0.2, 0) is 6.42 Å². The fraction of sp³-hybridized carbons (Fsp3) is 0.118. The molecule has 0 amide bonds. The highest BCUT2D eigenvalue weighted by Gasteiger charge is 2.30. The molecule has 0 spiro atoms. The molecule has 0 fully saturated rings. The van der Waals surface area contributed by atoms with Crippen molar-refractivity contribution in [2.24, 2.45) is 0 Å². The van der Waals surface area contributed by atoms with Crippen LogP contribution in [0.4, 0.5) is 0 Å². The van der Waals surface area contributed by atoms with Gasteiger partial charge in [0.05, 0.1) is 5.56 Å². The van der Waals surface area contributed by atoms with Gasteiger partial charge in [0.15, 0.2) is 5.78 Å². The average molecular weight is 342 g/mol. The van der Waals surface area contributed by atoms with Crippen LogP contribution in [0.1, 0.15) is 33.3 Å². The second kappa shape index (κ2) is 5.37. The quantitative estimate of drug-likeness (QED) is 0.834. The van der Waals surface area contributed by atoms with Gasteiger partial charge in [-0.05, 0) is 36.8 Å². The second-order valence-corrected chi connectivity index (χ2v) is 5.88. The van der Waals surface area contributed by atoms with Crippen molar-refractivity contribution in [2.75, 3.05) is 0 Å². The van der Waals surface area contributed by atoms with Crippen molar-refractivity contribution in [3.8, 4) is 0 Å². The Morgan fingerprint density at radius 1 is 1.05 bits per heavy atom. The van der Waals surface area contributed by atoms with E-state index in [-0.39, 0.29) is 17.3 Å². The second-order valence-electron chi connectivity index (χ2n) is 4.96. The van der Waals surface area contributed by atoms with E-state index in [2.05, 4.69) is 20.9 Å². The first-order valence-electron chi connectivity index (χ1n) is 6.56. The number of benzene rings is 1. The predicted octanol–water partition coefficient (Wildman–Crippen LogP) is 3.78. The third-order valence-electron chi connectivity index (χ3n) is 3.63. The first-order chi connectivity index (χ1) is 10.1. The van der Waals surface area contributed by atoms with Crippen LogP contribution < -0.4 is 0 Å². The number of pyridine rings is 1. The summed E-state index contributed by atoms with van der Waals surface area (Å²) >= 11 is 3.38. The summed E-state index contributed by atoms with van der Waals surface area (Å²) in [6.45, 7) is 1.71. The number of fused-ring (bicyclic) bond motifs is 1. The van der Waals surface area contributed by atoms with Crippen LogP contribution in [0.3, 0.4) is 0 Å². The number of allylic oxidation sites excluding steroid dienone is 2. The smallest absolute Gasteiger partial charge is 0.208 e. The molecule has 1 aromatic heterocycles. The summed E-state index contributed by atoms with van der Waals surface area (Å²) in [5, 5.41) is 0. The Labute approximate surface area is 130 Å². The molecule has 0 N–H and O–H groups in total. The first kappa shape index (κ1) is 13.9. The number of Topliss-reactive ketones (excluding diaryl/α,β-unsaturated/α-hetero) is 2. The number of ketones is 2. The molecule has 1 heterocycles. The molecule has 104 valence electrons. The van der Waals surface area contributed by atoms with E-state index in [0.29, 0.717) is 23.1 Å². The summed E-state index contributed by atoms with van der Waals surface area (Å²) in [7, 11) is 0. The van der Waals surface area contributed by atoms with Crippen LogP contribution in [-0.4, -0.2) is 16.6 Å². The molecule has 1 aliphatic carbocycles. The highest BCUT2D eigenvalue weighted by Crippen LogP contribution is 2.27. The summed E-state index contributed by atoms with van der Waals surface area (Å²) < 4.78 is 0.981. The van der Waals surface area contributed by atoms with Gasteiger partial charge in [-0.3, -0.25) is 14.6 Å². The highest BCUT2D eigenvalue weighted by molar-refractivity contribution is 9.10. The normalized spacial score (nSPS) is 14.4. The minimum atomic E-state index is -0.148. The van der Waals surface area contributed by atoms with E-state index in [1.54, 1.807) is 25.3 Å². The van der Waals surface area contributed by atoms with Gasteiger partial charge in [0, 0.05) is 28.2 Å². The van der Waals surface area contributed by atoms with Crippen molar-refractivity contribution in [3.05, 3.63) is 75.0 Å². The summed E-state index contributed by atoms with van der Waals surface area (Å²) in [5.74, 6) is -0.254. The molecule has 4 heteroatoms. The van der Waals surface area contributed by atoms with Gasteiger partial charge in [-0.15, -0.1) is 0 Å². The molecule has 21 heavy (non-hydrogen) atoms. The van der Waals surface area contributed by atoms with Crippen LogP contribution >= 0.6 is 15.9 Å². The number of rotatable bonds is 2. The molecule has 0 saturated carbocycles. The number of hydrogen-bond donors (Lipinski definition) is 0. The first-order valence-corrected chi connectivity index (χ1v) is 7.36. The Hall–Kier alpha value is -2.07. The number of carbonyl (C=O) groups is 2. The Bertz CT molecular complexity index is 776. The molecule has 1 aliphatic rings. The van der Waals surface area contributed by atoms with Crippen LogP contribution in [0.5, 0.6) is 0 Å². The van der Waals surface area contributed by atoms with Gasteiger partial charge in [0.25, 0.3) is 0 Å². The fourth-order valence-corrected chi connectivity index (χ4v) is 2.71. The minimum Gasteiger partial charge on any atom is -0.289 e. The third-order valence-corrected chi connectivity index (χ3v) is 4.16. The maximum absolute atomic E-state index is 12.6. The van der Waals surface area contributed by atoms with Crippen molar-refractivity contribution in [3.63, 3.8) is 0 Å². The number of hydrogen-bond acceptors (Lipinski definition) is 3. The molecule has 0 aliphatic heterocycles. The lowest BCUT2D eigenvalue weighted by Crippen LogP contribution is -2.23. The molecule has 3 nitrogen and oxygen atoms in total. The van der Waals surface area contributed by atoms with Gasteiger partial charge in [0.2, 0.25) is 5.78 Å². The molecule has 3 rings (SSSR count). The Kier molecular flexibility index (Phi) is 3.55. The van der Waals surface area contributed by atoms with Crippen molar-refractivity contribution in [1.29, 1.82) is 0 Å². The lowest BCUT2D eigenvalue weighted by atomic mass is 9.85. The van der Waals surface area contributed by atoms with Crippen molar-refractivity contribution in [1.82, 2.24) is 4.98 Å². The summed E-state index contributed by atoms with van der Waals surface area (Å²) in [6, 6.07) is 11.1. The Morgan fingerprint density at radius 3 is 2.48 bits per heavy atom. The van der Waals surface area contributed by atoms with Gasteiger partial charge >= 0.3 is 0 Å². The lowest BCUT2D eigenvalue weighted by molar-refractivity contribution is 0.0969. The van der Waals surface area contributed by atoms with Gasteiger partial charge in [0.1, 0.15) is 5.69 Å². The average Bonchev–Trinajstić information content (AvgIpc) is 2.51. The van der Waals surface area contributed by atoms with Crippen molar-refractivity contribution in [2.45, 2.75) is 13.3 Å². The van der Waals surface area contributed by atoms with Crippen LogP contribution in [0.15, 0.2) is 58.2 Å². The largest absolute Gasteiger partial charge is 0.289 e. The zero-order chi connectivity index (χ0) is 15.0. The molecule has 0 radical (unpaired) electrons. The Balaban J connectivity index is 2.02. The van der Waals surface area contributed by atoms with Crippen LogP contribution in [0.2, 0.25) is 0 Å². The van der Waals surface area contributed by atoms with E-state index in [0.717, 1.165) is 10.0 Å². The molecule has 2 aromatic rings. The van der Waals surface area contributed by atoms with E-state index in [1.165, 1.54) is 0 Å². The molecule has 0 saturated heterocycles. The molecule has 0 unspecified atom stereocenters. The Morgan fingerprint density at radius 2 is 1.76 bits per heavy atom. The third kappa shape index (κ3) is 2.47. The van der Waals surface area contributed by atoms with Crippen molar-refractivity contribution < 1.29 is 9.59 Å². The summed E-state index contributed by atoms with van der Waals surface area (Å²) in [4.78, 5) is 29.0. The van der Waals surface area contributed by atoms with Gasteiger partial charge in [-0.2, -0.15) is 0 Å². The predicted molar refractivity (Wildman–Crippen MR) is 83.4 cm³/mol. The summed E-state index contributed by atoms with van der Waals surface area (Å²) in [5.41, 5.74) is 2.71. The minimum absolute atomic E-state index is 0.107. The maximum atomic E-state index is 12.6. The van der Waals surface area contributed by atoms with E-state index in [4.69, 9.17) is 0 Å². The molecular formula is C17H12BrNO2. The zero-order valence-corrected chi connectivity index (χ0v) is 13.0. The zero-order valence-electron chi connectivity index (χ0n) is 11.4. The van der Waals surface area contributed by atoms with E-state index >= 15 is 0 Å². The topological polar surface area (TPSA) is 47.0 Å². The van der Waals surface area contributed by atoms with Crippen LogP contribution in [0, 0.1) is 0 Å². The van der Waals surface area contributed by atoms with Gasteiger partial charge in [-0.25, -0.2) is 0 Å².